The van der Waals surface area contributed by atoms with Crippen LogP contribution in [-0.2, 0) is 0 Å². The van der Waals surface area contributed by atoms with Crippen molar-refractivity contribution in [3.8, 4) is 0 Å². The lowest BCUT2D eigenvalue weighted by Crippen LogP contribution is -2.44. The second-order valence-electron chi connectivity index (χ2n) is 6.49. The molecule has 0 saturated heterocycles. The molecule has 0 aromatic rings. The van der Waals surface area contributed by atoms with Crippen LogP contribution in [0.15, 0.2) is 4.99 Å². The summed E-state index contributed by atoms with van der Waals surface area (Å²) in [5, 5.41) is 18.2. The first-order valence-electron chi connectivity index (χ1n) is 8.45. The van der Waals surface area contributed by atoms with E-state index in [0.29, 0.717) is 12.6 Å². The second-order valence-corrected chi connectivity index (χ2v) is 7.63. The zero-order valence-corrected chi connectivity index (χ0v) is 17.1. The summed E-state index contributed by atoms with van der Waals surface area (Å²) in [6.45, 7) is 3.48. The van der Waals surface area contributed by atoms with E-state index in [2.05, 4.69) is 28.8 Å². The van der Waals surface area contributed by atoms with Crippen LogP contribution in [0.5, 0.6) is 0 Å². The van der Waals surface area contributed by atoms with Crippen LogP contribution in [0.2, 0.25) is 0 Å². The van der Waals surface area contributed by atoms with Gasteiger partial charge in [0.2, 0.25) is 0 Å². The van der Waals surface area contributed by atoms with Crippen molar-refractivity contribution in [1.82, 2.24) is 10.6 Å². The topological polar surface area (TPSA) is 56.7 Å². The van der Waals surface area contributed by atoms with Crippen molar-refractivity contribution in [2.45, 2.75) is 75.2 Å². The van der Waals surface area contributed by atoms with E-state index in [1.54, 1.807) is 0 Å². The van der Waals surface area contributed by atoms with Gasteiger partial charge in [0.1, 0.15) is 0 Å². The Morgan fingerprint density at radius 3 is 2.59 bits per heavy atom. The summed E-state index contributed by atoms with van der Waals surface area (Å²) < 4.78 is 0. The molecule has 0 aliphatic heterocycles. The molecule has 0 spiro atoms. The molecule has 2 aliphatic rings. The maximum absolute atomic E-state index is 10.6. The SMILES string of the molecule is CCNC(=NCC1(O)CCCCC1)NC1CCC(SC)C1.I. The van der Waals surface area contributed by atoms with Gasteiger partial charge in [0.15, 0.2) is 5.96 Å². The van der Waals surface area contributed by atoms with E-state index >= 15 is 0 Å². The van der Waals surface area contributed by atoms with Crippen LogP contribution in [0.25, 0.3) is 0 Å². The van der Waals surface area contributed by atoms with Gasteiger partial charge in [-0.2, -0.15) is 11.8 Å². The van der Waals surface area contributed by atoms with Gasteiger partial charge >= 0.3 is 0 Å². The monoisotopic (exact) mass is 441 g/mol. The number of thioether (sulfide) groups is 1. The molecule has 0 amide bonds. The van der Waals surface area contributed by atoms with E-state index in [0.717, 1.165) is 43.4 Å². The van der Waals surface area contributed by atoms with Gasteiger partial charge in [0.25, 0.3) is 0 Å². The fourth-order valence-corrected chi connectivity index (χ4v) is 4.19. The molecule has 2 aliphatic carbocycles. The Hall–Kier alpha value is 0.310. The Morgan fingerprint density at radius 2 is 2.00 bits per heavy atom. The van der Waals surface area contributed by atoms with E-state index in [4.69, 9.17) is 0 Å². The molecule has 6 heteroatoms. The number of rotatable bonds is 5. The highest BCUT2D eigenvalue weighted by atomic mass is 127. The van der Waals surface area contributed by atoms with Gasteiger partial charge < -0.3 is 15.7 Å². The molecule has 0 radical (unpaired) electrons. The zero-order chi connectivity index (χ0) is 15.1. The summed E-state index contributed by atoms with van der Waals surface area (Å²) in [4.78, 5) is 4.66. The van der Waals surface area contributed by atoms with E-state index in [1.165, 1.54) is 25.7 Å². The van der Waals surface area contributed by atoms with Crippen molar-refractivity contribution in [1.29, 1.82) is 0 Å². The number of nitrogens with one attached hydrogen (secondary N) is 2. The summed E-state index contributed by atoms with van der Waals surface area (Å²) in [7, 11) is 0. The molecule has 2 saturated carbocycles. The minimum absolute atomic E-state index is 0. The number of nitrogens with zero attached hydrogens (tertiary/aromatic N) is 1. The molecule has 0 bridgehead atoms. The molecule has 2 fully saturated rings. The van der Waals surface area contributed by atoms with Crippen molar-refractivity contribution in [3.63, 3.8) is 0 Å². The minimum atomic E-state index is -0.571. The van der Waals surface area contributed by atoms with Crippen LogP contribution >= 0.6 is 35.7 Å². The summed E-state index contributed by atoms with van der Waals surface area (Å²) >= 11 is 1.97. The molecule has 2 atom stereocenters. The number of hydrogen-bond acceptors (Lipinski definition) is 3. The van der Waals surface area contributed by atoms with Crippen LogP contribution in [-0.4, -0.2) is 47.3 Å². The molecule has 2 unspecified atom stereocenters. The second kappa shape index (κ2) is 10.2. The molecule has 2 rings (SSSR count). The summed E-state index contributed by atoms with van der Waals surface area (Å²) in [6.07, 6.45) is 11.2. The Labute approximate surface area is 156 Å². The highest BCUT2D eigenvalue weighted by Crippen LogP contribution is 2.29. The lowest BCUT2D eigenvalue weighted by atomic mass is 9.85. The normalized spacial score (nSPS) is 28.0. The molecule has 130 valence electrons. The Kier molecular flexibility index (Phi) is 9.47. The number of guanidine groups is 1. The molecule has 3 N–H and O–H groups in total. The molecule has 4 nitrogen and oxygen atoms in total. The highest BCUT2D eigenvalue weighted by Gasteiger charge is 2.29. The predicted octanol–water partition coefficient (Wildman–Crippen LogP) is 3.14. The lowest BCUT2D eigenvalue weighted by molar-refractivity contribution is 0.0131. The predicted molar refractivity (Wildman–Crippen MR) is 108 cm³/mol. The van der Waals surface area contributed by atoms with Crippen LogP contribution < -0.4 is 10.6 Å². The summed E-state index contributed by atoms with van der Waals surface area (Å²) in [5.74, 6) is 0.878. The number of hydrogen-bond donors (Lipinski definition) is 3. The van der Waals surface area contributed by atoms with E-state index in [-0.39, 0.29) is 24.0 Å². The molecule has 0 heterocycles. The molecule has 22 heavy (non-hydrogen) atoms. The number of aliphatic imine (C=N–C) groups is 1. The molecule has 0 aromatic carbocycles. The fraction of sp³-hybridized carbons (Fsp3) is 0.938. The first kappa shape index (κ1) is 20.4. The van der Waals surface area contributed by atoms with Crippen LogP contribution in [0.1, 0.15) is 58.3 Å². The fourth-order valence-electron chi connectivity index (χ4n) is 3.39. The average Bonchev–Trinajstić information content (AvgIpc) is 2.94. The third kappa shape index (κ3) is 6.43. The Balaban J connectivity index is 0.00000242. The van der Waals surface area contributed by atoms with Crippen molar-refractivity contribution in [2.24, 2.45) is 4.99 Å². The number of halogens is 1. The third-order valence-corrected chi connectivity index (χ3v) is 5.81. The van der Waals surface area contributed by atoms with Gasteiger partial charge in [-0.3, -0.25) is 4.99 Å². The van der Waals surface area contributed by atoms with E-state index in [9.17, 15) is 5.11 Å². The third-order valence-electron chi connectivity index (χ3n) is 4.72. The maximum Gasteiger partial charge on any atom is 0.191 e. The first-order valence-corrected chi connectivity index (χ1v) is 9.74. The van der Waals surface area contributed by atoms with E-state index in [1.807, 2.05) is 11.8 Å². The maximum atomic E-state index is 10.6. The van der Waals surface area contributed by atoms with Crippen LogP contribution in [0.3, 0.4) is 0 Å². The van der Waals surface area contributed by atoms with Gasteiger partial charge in [-0.25, -0.2) is 0 Å². The summed E-state index contributed by atoms with van der Waals surface area (Å²) in [5.41, 5.74) is -0.571. The zero-order valence-electron chi connectivity index (χ0n) is 13.9. The van der Waals surface area contributed by atoms with Crippen molar-refractivity contribution >= 4 is 41.7 Å². The molecular weight excluding hydrogens is 409 g/mol. The van der Waals surface area contributed by atoms with Gasteiger partial charge in [0.05, 0.1) is 12.1 Å². The first-order chi connectivity index (χ1) is 10.1. The van der Waals surface area contributed by atoms with Gasteiger partial charge in [-0.1, -0.05) is 19.3 Å². The van der Waals surface area contributed by atoms with Crippen molar-refractivity contribution in [3.05, 3.63) is 0 Å². The number of aliphatic hydroxyl groups is 1. The average molecular weight is 441 g/mol. The van der Waals surface area contributed by atoms with Crippen molar-refractivity contribution in [2.75, 3.05) is 19.3 Å². The largest absolute Gasteiger partial charge is 0.388 e. The van der Waals surface area contributed by atoms with Crippen LogP contribution in [0.4, 0.5) is 0 Å². The van der Waals surface area contributed by atoms with Gasteiger partial charge in [0, 0.05) is 17.8 Å². The summed E-state index contributed by atoms with van der Waals surface area (Å²) in [6, 6.07) is 0.529. The Bertz CT molecular complexity index is 348. The van der Waals surface area contributed by atoms with Gasteiger partial charge in [-0.15, -0.1) is 24.0 Å². The van der Waals surface area contributed by atoms with E-state index < -0.39 is 5.60 Å². The van der Waals surface area contributed by atoms with Gasteiger partial charge in [-0.05, 0) is 45.3 Å². The molecular formula is C16H32IN3OS. The smallest absolute Gasteiger partial charge is 0.191 e. The molecule has 0 aromatic heterocycles. The standard InChI is InChI=1S/C16H31N3OS.HI/c1-3-17-15(19-13-7-8-14(11-13)21-2)18-12-16(20)9-5-4-6-10-16;/h13-14,20H,3-12H2,1-2H3,(H2,17,18,19);1H. The Morgan fingerprint density at radius 1 is 1.27 bits per heavy atom. The van der Waals surface area contributed by atoms with Crippen molar-refractivity contribution < 1.29 is 5.11 Å². The highest BCUT2D eigenvalue weighted by molar-refractivity contribution is 14.0. The van der Waals surface area contributed by atoms with Crippen LogP contribution in [0, 0.1) is 0 Å². The quantitative estimate of drug-likeness (QED) is 0.349. The lowest BCUT2D eigenvalue weighted by Gasteiger charge is -2.30. The minimum Gasteiger partial charge on any atom is -0.388 e.